The summed E-state index contributed by atoms with van der Waals surface area (Å²) < 4.78 is 38.9. The third kappa shape index (κ3) is 4.30. The number of rotatable bonds is 3. The molecular formula is C14H19FN2O2S. The van der Waals surface area contributed by atoms with E-state index in [1.54, 1.807) is 20.8 Å². The molecule has 0 unspecified atom stereocenters. The smallest absolute Gasteiger partial charge is 0.216 e. The Morgan fingerprint density at radius 3 is 2.55 bits per heavy atom. The molecule has 0 amide bonds. The first-order chi connectivity index (χ1) is 9.17. The van der Waals surface area contributed by atoms with Crippen molar-refractivity contribution in [2.24, 2.45) is 5.73 Å². The van der Waals surface area contributed by atoms with Gasteiger partial charge in [0.05, 0.1) is 11.3 Å². The van der Waals surface area contributed by atoms with Crippen molar-refractivity contribution in [1.29, 1.82) is 0 Å². The molecule has 0 heterocycles. The topological polar surface area (TPSA) is 72.2 Å². The van der Waals surface area contributed by atoms with Crippen LogP contribution >= 0.6 is 0 Å². The summed E-state index contributed by atoms with van der Waals surface area (Å²) in [6, 6.07) is 4.31. The average molecular weight is 298 g/mol. The van der Waals surface area contributed by atoms with Crippen molar-refractivity contribution in [3.05, 3.63) is 35.1 Å². The molecule has 6 heteroatoms. The van der Waals surface area contributed by atoms with E-state index >= 15 is 0 Å². The van der Waals surface area contributed by atoms with Crippen molar-refractivity contribution in [1.82, 2.24) is 4.72 Å². The molecule has 4 nitrogen and oxygen atoms in total. The van der Waals surface area contributed by atoms with E-state index in [1.807, 2.05) is 0 Å². The second kappa shape index (κ2) is 6.35. The summed E-state index contributed by atoms with van der Waals surface area (Å²) in [4.78, 5) is 0. The fourth-order valence-corrected chi connectivity index (χ4v) is 2.11. The molecule has 0 atom stereocenters. The lowest BCUT2D eigenvalue weighted by molar-refractivity contribution is 0.541. The van der Waals surface area contributed by atoms with Crippen LogP contribution in [0.15, 0.2) is 18.2 Å². The van der Waals surface area contributed by atoms with Gasteiger partial charge in [-0.25, -0.2) is 17.5 Å². The van der Waals surface area contributed by atoms with Gasteiger partial charge in [-0.2, -0.15) is 0 Å². The summed E-state index contributed by atoms with van der Waals surface area (Å²) in [6.07, 6.45) is 0. The van der Waals surface area contributed by atoms with Crippen LogP contribution in [0.1, 0.15) is 31.9 Å². The fraction of sp³-hybridized carbons (Fsp3) is 0.429. The third-order valence-corrected chi connectivity index (χ3v) is 4.78. The highest BCUT2D eigenvalue weighted by Gasteiger charge is 2.28. The van der Waals surface area contributed by atoms with Crippen molar-refractivity contribution in [2.75, 3.05) is 6.54 Å². The quantitative estimate of drug-likeness (QED) is 0.828. The lowest BCUT2D eigenvalue weighted by Gasteiger charge is -2.19. The Balaban J connectivity index is 2.93. The van der Waals surface area contributed by atoms with Crippen LogP contribution < -0.4 is 10.5 Å². The van der Waals surface area contributed by atoms with Crippen LogP contribution in [0.3, 0.4) is 0 Å². The molecule has 1 aromatic rings. The van der Waals surface area contributed by atoms with Crippen LogP contribution in [0.25, 0.3) is 0 Å². The van der Waals surface area contributed by atoms with Crippen molar-refractivity contribution in [2.45, 2.75) is 32.1 Å². The Labute approximate surface area is 119 Å². The molecule has 1 rings (SSSR count). The van der Waals surface area contributed by atoms with Gasteiger partial charge >= 0.3 is 0 Å². The van der Waals surface area contributed by atoms with Gasteiger partial charge in [-0.3, -0.25) is 0 Å². The summed E-state index contributed by atoms with van der Waals surface area (Å²) in [6.45, 7) is 4.84. The summed E-state index contributed by atoms with van der Waals surface area (Å²) in [5.74, 6) is 4.97. The van der Waals surface area contributed by atoms with E-state index in [-0.39, 0.29) is 18.7 Å². The lowest BCUT2D eigenvalue weighted by Crippen LogP contribution is -2.39. The zero-order valence-corrected chi connectivity index (χ0v) is 12.6. The predicted octanol–water partition coefficient (Wildman–Crippen LogP) is 1.35. The first kappa shape index (κ1) is 16.6. The number of sulfonamides is 1. The maximum atomic E-state index is 13.7. The molecule has 0 aliphatic rings. The summed E-state index contributed by atoms with van der Waals surface area (Å²) in [5.41, 5.74) is 6.12. The molecule has 0 aliphatic heterocycles. The van der Waals surface area contributed by atoms with Gasteiger partial charge in [0.15, 0.2) is 0 Å². The maximum absolute atomic E-state index is 13.7. The molecular weight excluding hydrogens is 279 g/mol. The molecule has 1 aromatic carbocycles. The van der Waals surface area contributed by atoms with E-state index in [0.29, 0.717) is 5.56 Å². The van der Waals surface area contributed by atoms with E-state index in [9.17, 15) is 12.8 Å². The van der Waals surface area contributed by atoms with Crippen LogP contribution in [-0.4, -0.2) is 19.7 Å². The highest BCUT2D eigenvalue weighted by Crippen LogP contribution is 2.15. The zero-order valence-electron chi connectivity index (χ0n) is 11.8. The third-order valence-electron chi connectivity index (χ3n) is 2.64. The summed E-state index contributed by atoms with van der Waals surface area (Å²) in [5, 5.41) is 0. The van der Waals surface area contributed by atoms with Crippen LogP contribution in [-0.2, 0) is 16.6 Å². The van der Waals surface area contributed by atoms with Crippen molar-refractivity contribution in [3.8, 4) is 11.8 Å². The second-order valence-corrected chi connectivity index (χ2v) is 7.77. The number of hydrogen-bond donors (Lipinski definition) is 2. The van der Waals surface area contributed by atoms with Crippen LogP contribution in [0, 0.1) is 17.7 Å². The van der Waals surface area contributed by atoms with Gasteiger partial charge in [0.2, 0.25) is 10.0 Å². The first-order valence-electron chi connectivity index (χ1n) is 6.14. The van der Waals surface area contributed by atoms with Gasteiger partial charge in [-0.15, -0.1) is 0 Å². The standard InChI is InChI=1S/C14H19FN2O2S/c1-14(2,3)20(18,19)17-10-12-9-11(5-4-8-16)6-7-13(12)15/h6-7,9,17H,8,10,16H2,1-3H3. The number of nitrogens with two attached hydrogens (primary N) is 1. The van der Waals surface area contributed by atoms with Crippen molar-refractivity contribution < 1.29 is 12.8 Å². The van der Waals surface area contributed by atoms with Crippen molar-refractivity contribution >= 4 is 10.0 Å². The Hall–Kier alpha value is -1.42. The number of halogens is 1. The van der Waals surface area contributed by atoms with E-state index in [1.165, 1.54) is 18.2 Å². The summed E-state index contributed by atoms with van der Waals surface area (Å²) in [7, 11) is -3.52. The Bertz CT molecular complexity index is 637. The minimum Gasteiger partial charge on any atom is -0.320 e. The Morgan fingerprint density at radius 1 is 1.35 bits per heavy atom. The minimum atomic E-state index is -3.52. The highest BCUT2D eigenvalue weighted by atomic mass is 32.2. The van der Waals surface area contributed by atoms with Gasteiger partial charge in [0.25, 0.3) is 0 Å². The predicted molar refractivity (Wildman–Crippen MR) is 77.8 cm³/mol. The van der Waals surface area contributed by atoms with E-state index in [0.717, 1.165) is 0 Å². The molecule has 0 spiro atoms. The fourth-order valence-electron chi connectivity index (χ4n) is 1.33. The number of hydrogen-bond acceptors (Lipinski definition) is 3. The first-order valence-corrected chi connectivity index (χ1v) is 7.62. The van der Waals surface area contributed by atoms with E-state index < -0.39 is 20.6 Å². The van der Waals surface area contributed by atoms with Gasteiger partial charge in [0.1, 0.15) is 5.82 Å². The minimum absolute atomic E-state index is 0.108. The molecule has 110 valence electrons. The molecule has 0 aliphatic carbocycles. The normalized spacial score (nSPS) is 11.8. The van der Waals surface area contributed by atoms with Crippen LogP contribution in [0.5, 0.6) is 0 Å². The molecule has 0 fully saturated rings. The van der Waals surface area contributed by atoms with Crippen LogP contribution in [0.2, 0.25) is 0 Å². The largest absolute Gasteiger partial charge is 0.320 e. The molecule has 0 aromatic heterocycles. The van der Waals surface area contributed by atoms with Crippen molar-refractivity contribution in [3.63, 3.8) is 0 Å². The number of benzene rings is 1. The monoisotopic (exact) mass is 298 g/mol. The molecule has 20 heavy (non-hydrogen) atoms. The average Bonchev–Trinajstić information content (AvgIpc) is 2.35. The Kier molecular flexibility index (Phi) is 5.28. The number of nitrogens with one attached hydrogen (secondary N) is 1. The summed E-state index contributed by atoms with van der Waals surface area (Å²) >= 11 is 0. The SMILES string of the molecule is CC(C)(C)S(=O)(=O)NCc1cc(C#CCN)ccc1F. The lowest BCUT2D eigenvalue weighted by atomic mass is 10.1. The maximum Gasteiger partial charge on any atom is 0.216 e. The highest BCUT2D eigenvalue weighted by molar-refractivity contribution is 7.90. The van der Waals surface area contributed by atoms with Gasteiger partial charge in [-0.05, 0) is 39.0 Å². The van der Waals surface area contributed by atoms with Gasteiger partial charge in [0, 0.05) is 17.7 Å². The van der Waals surface area contributed by atoms with E-state index in [4.69, 9.17) is 5.73 Å². The van der Waals surface area contributed by atoms with Crippen LogP contribution in [0.4, 0.5) is 4.39 Å². The van der Waals surface area contributed by atoms with E-state index in [2.05, 4.69) is 16.6 Å². The zero-order chi connectivity index (χ0) is 15.4. The second-order valence-electron chi connectivity index (χ2n) is 5.25. The Morgan fingerprint density at radius 2 is 2.00 bits per heavy atom. The molecule has 0 saturated heterocycles. The molecule has 3 N–H and O–H groups in total. The van der Waals surface area contributed by atoms with Gasteiger partial charge in [-0.1, -0.05) is 11.8 Å². The molecule has 0 bridgehead atoms. The molecule has 0 radical (unpaired) electrons. The van der Waals surface area contributed by atoms with Gasteiger partial charge < -0.3 is 5.73 Å². The molecule has 0 saturated carbocycles.